The van der Waals surface area contributed by atoms with Crippen molar-refractivity contribution in [2.75, 3.05) is 6.61 Å². The summed E-state index contributed by atoms with van der Waals surface area (Å²) in [5.41, 5.74) is 1.78. The molecule has 8 heteroatoms. The van der Waals surface area contributed by atoms with Gasteiger partial charge >= 0.3 is 0 Å². The highest BCUT2D eigenvalue weighted by Gasteiger charge is 2.56. The molecular formula is C26H24BrIN2O4. The second-order valence-electron chi connectivity index (χ2n) is 8.75. The van der Waals surface area contributed by atoms with Crippen LogP contribution in [0.1, 0.15) is 30.9 Å². The maximum absolute atomic E-state index is 13.0. The largest absolute Gasteiger partial charge is 0.490 e. The molecule has 4 aliphatic rings. The van der Waals surface area contributed by atoms with Gasteiger partial charge in [-0.2, -0.15) is 10.1 Å². The van der Waals surface area contributed by atoms with Gasteiger partial charge in [-0.1, -0.05) is 40.2 Å². The molecule has 0 aromatic heterocycles. The van der Waals surface area contributed by atoms with Crippen LogP contribution in [-0.2, 0) is 16.2 Å². The Morgan fingerprint density at radius 1 is 1.06 bits per heavy atom. The molecule has 2 aromatic rings. The lowest BCUT2D eigenvalue weighted by Gasteiger charge is -2.37. The van der Waals surface area contributed by atoms with Gasteiger partial charge < -0.3 is 9.47 Å². The highest BCUT2D eigenvalue weighted by Crippen LogP contribution is 2.49. The van der Waals surface area contributed by atoms with Crippen LogP contribution in [0, 0.1) is 27.2 Å². The normalized spacial score (nSPS) is 25.3. The van der Waals surface area contributed by atoms with Crippen molar-refractivity contribution in [1.82, 2.24) is 5.01 Å². The summed E-state index contributed by atoms with van der Waals surface area (Å²) in [4.78, 5) is 26.0. The fourth-order valence-corrected chi connectivity index (χ4v) is 6.14. The van der Waals surface area contributed by atoms with E-state index < -0.39 is 0 Å². The lowest BCUT2D eigenvalue weighted by Crippen LogP contribution is -2.38. The van der Waals surface area contributed by atoms with Gasteiger partial charge in [0.15, 0.2) is 11.5 Å². The second-order valence-corrected chi connectivity index (χ2v) is 10.8. The predicted molar refractivity (Wildman–Crippen MR) is 141 cm³/mol. The number of nitrogens with zero attached hydrogens (tertiary/aromatic N) is 2. The molecule has 0 N–H and O–H groups in total. The quantitative estimate of drug-likeness (QED) is 0.173. The van der Waals surface area contributed by atoms with E-state index in [-0.39, 0.29) is 35.5 Å². The van der Waals surface area contributed by atoms with Gasteiger partial charge in [0.05, 0.1) is 28.2 Å². The van der Waals surface area contributed by atoms with Crippen LogP contribution in [0.4, 0.5) is 0 Å². The molecule has 0 unspecified atom stereocenters. The standard InChI is InChI=1S/C26H24BrIN2O4/c1-2-33-21-12-16(11-20(28)24(21)34-14-15-3-9-19(27)10-4-15)13-29-30-25(31)22-17-5-6-18(8-7-17)23(22)26(30)32/h3-6,9-13,17-18,22-23H,2,7-8,14H2,1H3/b29-13-/t17-,18-,22+,23+/m0/s1. The first-order valence-corrected chi connectivity index (χ1v) is 13.3. The third kappa shape index (κ3) is 4.42. The van der Waals surface area contributed by atoms with E-state index in [1.165, 1.54) is 0 Å². The number of carbonyl (C=O) groups excluding carboxylic acids is 2. The highest BCUT2D eigenvalue weighted by molar-refractivity contribution is 14.1. The van der Waals surface area contributed by atoms with Crippen molar-refractivity contribution in [3.63, 3.8) is 0 Å². The number of rotatable bonds is 7. The van der Waals surface area contributed by atoms with Gasteiger partial charge in [0.2, 0.25) is 0 Å². The monoisotopic (exact) mass is 634 g/mol. The van der Waals surface area contributed by atoms with Crippen molar-refractivity contribution >= 4 is 56.5 Å². The summed E-state index contributed by atoms with van der Waals surface area (Å²) in [5, 5.41) is 5.41. The van der Waals surface area contributed by atoms with Crippen molar-refractivity contribution in [3.05, 3.63) is 67.7 Å². The first-order chi connectivity index (χ1) is 16.5. The number of fused-ring (bicyclic) bond motifs is 1. The highest BCUT2D eigenvalue weighted by atomic mass is 127. The van der Waals surface area contributed by atoms with E-state index in [1.54, 1.807) is 6.21 Å². The van der Waals surface area contributed by atoms with E-state index in [0.29, 0.717) is 24.7 Å². The summed E-state index contributed by atoms with van der Waals surface area (Å²) in [6.07, 6.45) is 7.72. The number of hydrogen-bond acceptors (Lipinski definition) is 5. The number of ether oxygens (including phenoxy) is 2. The maximum Gasteiger partial charge on any atom is 0.254 e. The molecule has 0 radical (unpaired) electrons. The lowest BCUT2D eigenvalue weighted by atomic mass is 9.63. The first kappa shape index (κ1) is 23.5. The topological polar surface area (TPSA) is 68.2 Å². The van der Waals surface area contributed by atoms with Crippen LogP contribution in [0.2, 0.25) is 0 Å². The molecule has 2 amide bonds. The van der Waals surface area contributed by atoms with E-state index in [2.05, 4.69) is 55.8 Å². The Morgan fingerprint density at radius 3 is 2.29 bits per heavy atom. The van der Waals surface area contributed by atoms with E-state index in [9.17, 15) is 9.59 Å². The summed E-state index contributed by atoms with van der Waals surface area (Å²) < 4.78 is 13.8. The van der Waals surface area contributed by atoms with Gasteiger partial charge in [0.25, 0.3) is 11.8 Å². The number of hydrazone groups is 1. The Bertz CT molecular complexity index is 1150. The summed E-state index contributed by atoms with van der Waals surface area (Å²) in [6.45, 7) is 2.80. The zero-order valence-corrected chi connectivity index (χ0v) is 22.4. The molecule has 1 aliphatic heterocycles. The minimum atomic E-state index is -0.262. The molecule has 4 atom stereocenters. The molecule has 6 nitrogen and oxygen atoms in total. The van der Waals surface area contributed by atoms with Gasteiger partial charge in [-0.15, -0.1) is 0 Å². The van der Waals surface area contributed by atoms with E-state index >= 15 is 0 Å². The molecule has 2 aromatic carbocycles. The van der Waals surface area contributed by atoms with Crippen molar-refractivity contribution < 1.29 is 19.1 Å². The van der Waals surface area contributed by atoms with Gasteiger partial charge in [-0.3, -0.25) is 9.59 Å². The predicted octanol–water partition coefficient (Wildman–Crippen LogP) is 5.56. The number of amides is 2. The number of hydrogen-bond donors (Lipinski definition) is 0. The molecule has 6 rings (SSSR count). The molecule has 3 aliphatic carbocycles. The van der Waals surface area contributed by atoms with Crippen LogP contribution in [-0.4, -0.2) is 29.6 Å². The number of carbonyl (C=O) groups is 2. The molecule has 2 fully saturated rings. The van der Waals surface area contributed by atoms with Crippen molar-refractivity contribution in [2.24, 2.45) is 28.8 Å². The van der Waals surface area contributed by atoms with E-state index in [0.717, 1.165) is 37.0 Å². The number of benzene rings is 2. The summed E-state index contributed by atoms with van der Waals surface area (Å²) >= 11 is 5.65. The number of allylic oxidation sites excluding steroid dienone is 2. The van der Waals surface area contributed by atoms with Gasteiger partial charge in [-0.25, -0.2) is 0 Å². The molecule has 2 bridgehead atoms. The third-order valence-corrected chi connectivity index (χ3v) is 8.02. The van der Waals surface area contributed by atoms with Gasteiger partial charge in [0, 0.05) is 4.47 Å². The van der Waals surface area contributed by atoms with Crippen LogP contribution < -0.4 is 9.47 Å². The molecule has 1 saturated carbocycles. The average molecular weight is 635 g/mol. The Labute approximate surface area is 220 Å². The lowest BCUT2D eigenvalue weighted by molar-refractivity contribution is -0.140. The fraction of sp³-hybridized carbons (Fsp3) is 0.346. The van der Waals surface area contributed by atoms with Crippen molar-refractivity contribution in [1.29, 1.82) is 0 Å². The number of imide groups is 1. The number of halogens is 2. The van der Waals surface area contributed by atoms with Gasteiger partial charge in [-0.05, 0) is 89.6 Å². The fourth-order valence-electron chi connectivity index (χ4n) is 5.10. The molecule has 34 heavy (non-hydrogen) atoms. The average Bonchev–Trinajstić information content (AvgIpc) is 3.11. The summed E-state index contributed by atoms with van der Waals surface area (Å²) in [5.74, 6) is 0.675. The van der Waals surface area contributed by atoms with Crippen LogP contribution in [0.15, 0.2) is 58.1 Å². The molecule has 1 saturated heterocycles. The Kier molecular flexibility index (Phi) is 6.79. The van der Waals surface area contributed by atoms with Crippen LogP contribution >= 0.6 is 38.5 Å². The van der Waals surface area contributed by atoms with Crippen LogP contribution in [0.5, 0.6) is 11.5 Å². The SMILES string of the molecule is CCOc1cc(/C=N\N2C(=O)[C@H]3[C@H](C2=O)[C@H]2C=C[C@H]3CC2)cc(I)c1OCc1ccc(Br)cc1. The minimum Gasteiger partial charge on any atom is -0.490 e. The van der Waals surface area contributed by atoms with Crippen molar-refractivity contribution in [2.45, 2.75) is 26.4 Å². The summed E-state index contributed by atoms with van der Waals surface area (Å²) in [7, 11) is 0. The molecule has 176 valence electrons. The van der Waals surface area contributed by atoms with E-state index in [4.69, 9.17) is 9.47 Å². The maximum atomic E-state index is 13.0. The van der Waals surface area contributed by atoms with Gasteiger partial charge in [0.1, 0.15) is 6.61 Å². The first-order valence-electron chi connectivity index (χ1n) is 11.4. The second kappa shape index (κ2) is 9.81. The molecule has 1 heterocycles. The Morgan fingerprint density at radius 2 is 1.71 bits per heavy atom. The third-order valence-electron chi connectivity index (χ3n) is 6.69. The Balaban J connectivity index is 1.35. The van der Waals surface area contributed by atoms with Crippen molar-refractivity contribution in [3.8, 4) is 11.5 Å². The zero-order valence-electron chi connectivity index (χ0n) is 18.6. The van der Waals surface area contributed by atoms with E-state index in [1.807, 2.05) is 43.3 Å². The Hall–Kier alpha value is -2.20. The smallest absolute Gasteiger partial charge is 0.254 e. The van der Waals surface area contributed by atoms with Crippen LogP contribution in [0.3, 0.4) is 0 Å². The summed E-state index contributed by atoms with van der Waals surface area (Å²) in [6, 6.07) is 11.7. The zero-order chi connectivity index (χ0) is 23.8. The molecular weight excluding hydrogens is 611 g/mol. The van der Waals surface area contributed by atoms with Crippen LogP contribution in [0.25, 0.3) is 0 Å². The minimum absolute atomic E-state index is 0.152. The molecule has 0 spiro atoms.